The molecule has 1 aromatic heterocycles. The average Bonchev–Trinajstić information content (AvgIpc) is 2.75. The van der Waals surface area contributed by atoms with Crippen LogP contribution in [0.5, 0.6) is 0 Å². The molecule has 0 fully saturated rings. The van der Waals surface area contributed by atoms with Crippen molar-refractivity contribution < 1.29 is 27.5 Å². The van der Waals surface area contributed by atoms with Crippen LogP contribution in [-0.4, -0.2) is 36.4 Å². The second-order valence-electron chi connectivity index (χ2n) is 4.36. The smallest absolute Gasteiger partial charge is 0.417 e. The van der Waals surface area contributed by atoms with E-state index in [9.17, 15) is 22.8 Å². The van der Waals surface area contributed by atoms with Gasteiger partial charge in [-0.3, -0.25) is 14.6 Å². The van der Waals surface area contributed by atoms with Gasteiger partial charge in [-0.2, -0.15) is 4.72 Å². The highest BCUT2D eigenvalue weighted by Gasteiger charge is 2.27. The molecule has 2 rings (SSSR count). The number of nitrogens with two attached hydrogens (primary N) is 1. The highest BCUT2D eigenvalue weighted by Crippen LogP contribution is 2.17. The molecule has 118 valence electrons. The van der Waals surface area contributed by atoms with E-state index in [-0.39, 0.29) is 16.0 Å². The normalized spacial score (nSPS) is 13.1. The number of amides is 1. The van der Waals surface area contributed by atoms with Crippen LogP contribution in [0.25, 0.3) is 11.1 Å². The number of sulfonamides is 1. The Kier molecular flexibility index (Phi) is 4.01. The Labute approximate surface area is 123 Å². The zero-order valence-electron chi connectivity index (χ0n) is 10.9. The van der Waals surface area contributed by atoms with Gasteiger partial charge in [-0.15, -0.1) is 0 Å². The first kappa shape index (κ1) is 15.7. The first-order chi connectivity index (χ1) is 10.2. The Balaban J connectivity index is 2.36. The van der Waals surface area contributed by atoms with E-state index >= 15 is 0 Å². The third-order valence-corrected chi connectivity index (χ3v) is 4.17. The maximum absolute atomic E-state index is 12.1. The number of benzene rings is 1. The predicted molar refractivity (Wildman–Crippen MR) is 72.4 cm³/mol. The molecule has 1 amide bonds. The standard InChI is InChI=1S/C11H11N3O7S/c12-9(15)4-7(10(16)17)14-22(19,20)5-1-2-6-8(3-5)21-11(18)13-6/h1-3,7,14H,4H2,(H2,12,15)(H,13,18)(H,16,17). The molecule has 10 nitrogen and oxygen atoms in total. The number of carboxylic acids is 1. The summed E-state index contributed by atoms with van der Waals surface area (Å²) >= 11 is 0. The summed E-state index contributed by atoms with van der Waals surface area (Å²) in [5, 5.41) is 8.91. The number of aromatic amines is 1. The fourth-order valence-corrected chi connectivity index (χ4v) is 2.93. The summed E-state index contributed by atoms with van der Waals surface area (Å²) in [6.45, 7) is 0. The zero-order valence-corrected chi connectivity index (χ0v) is 11.7. The van der Waals surface area contributed by atoms with Crippen molar-refractivity contribution in [1.29, 1.82) is 0 Å². The van der Waals surface area contributed by atoms with Gasteiger partial charge in [-0.25, -0.2) is 13.2 Å². The molecular formula is C11H11N3O7S. The van der Waals surface area contributed by atoms with Crippen LogP contribution in [0.3, 0.4) is 0 Å². The van der Waals surface area contributed by atoms with Gasteiger partial charge in [-0.1, -0.05) is 0 Å². The Morgan fingerprint density at radius 2 is 2.09 bits per heavy atom. The maximum Gasteiger partial charge on any atom is 0.417 e. The lowest BCUT2D eigenvalue weighted by atomic mass is 10.2. The van der Waals surface area contributed by atoms with Crippen LogP contribution in [0.1, 0.15) is 6.42 Å². The monoisotopic (exact) mass is 329 g/mol. The van der Waals surface area contributed by atoms with Crippen LogP contribution in [-0.2, 0) is 19.6 Å². The number of hydrogen-bond acceptors (Lipinski definition) is 6. The van der Waals surface area contributed by atoms with Crippen molar-refractivity contribution in [3.05, 3.63) is 28.7 Å². The van der Waals surface area contributed by atoms with Gasteiger partial charge >= 0.3 is 11.7 Å². The molecule has 0 saturated heterocycles. The lowest BCUT2D eigenvalue weighted by Crippen LogP contribution is -2.43. The summed E-state index contributed by atoms with van der Waals surface area (Å²) < 4.78 is 30.8. The summed E-state index contributed by atoms with van der Waals surface area (Å²) in [5.41, 5.74) is 5.16. The molecule has 0 radical (unpaired) electrons. The van der Waals surface area contributed by atoms with E-state index in [1.54, 1.807) is 0 Å². The quantitative estimate of drug-likeness (QED) is 0.511. The number of hydrogen-bond donors (Lipinski definition) is 4. The van der Waals surface area contributed by atoms with Crippen molar-refractivity contribution in [3.8, 4) is 0 Å². The molecule has 0 bridgehead atoms. The van der Waals surface area contributed by atoms with Crippen LogP contribution >= 0.6 is 0 Å². The number of aliphatic carboxylic acids is 1. The highest BCUT2D eigenvalue weighted by atomic mass is 32.2. The number of fused-ring (bicyclic) bond motifs is 1. The van der Waals surface area contributed by atoms with Crippen molar-refractivity contribution in [3.63, 3.8) is 0 Å². The first-order valence-corrected chi connectivity index (χ1v) is 7.33. The molecule has 1 atom stereocenters. The molecule has 11 heteroatoms. The van der Waals surface area contributed by atoms with E-state index in [0.29, 0.717) is 0 Å². The van der Waals surface area contributed by atoms with Gasteiger partial charge in [0.2, 0.25) is 15.9 Å². The van der Waals surface area contributed by atoms with Crippen LogP contribution < -0.4 is 16.2 Å². The van der Waals surface area contributed by atoms with Gasteiger partial charge in [0.25, 0.3) is 0 Å². The molecule has 0 spiro atoms. The van der Waals surface area contributed by atoms with Gasteiger partial charge < -0.3 is 15.3 Å². The number of oxazole rings is 1. The third kappa shape index (κ3) is 3.32. The average molecular weight is 329 g/mol. The summed E-state index contributed by atoms with van der Waals surface area (Å²) in [6.07, 6.45) is -0.698. The van der Waals surface area contributed by atoms with Crippen molar-refractivity contribution in [1.82, 2.24) is 9.71 Å². The summed E-state index contributed by atoms with van der Waals surface area (Å²) in [5.74, 6) is -3.27. The van der Waals surface area contributed by atoms with Crippen molar-refractivity contribution >= 4 is 33.0 Å². The van der Waals surface area contributed by atoms with E-state index in [4.69, 9.17) is 15.3 Å². The molecule has 22 heavy (non-hydrogen) atoms. The second kappa shape index (κ2) is 5.61. The van der Waals surface area contributed by atoms with Crippen molar-refractivity contribution in [2.45, 2.75) is 17.4 Å². The summed E-state index contributed by atoms with van der Waals surface area (Å²) in [7, 11) is -4.25. The van der Waals surface area contributed by atoms with Crippen LogP contribution in [0.2, 0.25) is 0 Å². The lowest BCUT2D eigenvalue weighted by Gasteiger charge is -2.13. The molecule has 0 aliphatic carbocycles. The van der Waals surface area contributed by atoms with Crippen molar-refractivity contribution in [2.75, 3.05) is 0 Å². The first-order valence-electron chi connectivity index (χ1n) is 5.85. The van der Waals surface area contributed by atoms with Crippen LogP contribution in [0, 0.1) is 0 Å². The topological polar surface area (TPSA) is 173 Å². The number of carbonyl (C=O) groups is 2. The minimum absolute atomic E-state index is 0.00495. The van der Waals surface area contributed by atoms with E-state index in [2.05, 4.69) is 4.98 Å². The molecule has 0 aliphatic heterocycles. The van der Waals surface area contributed by atoms with E-state index < -0.39 is 40.1 Å². The Morgan fingerprint density at radius 3 is 2.68 bits per heavy atom. The van der Waals surface area contributed by atoms with Crippen molar-refractivity contribution in [2.24, 2.45) is 5.73 Å². The Hall–Kier alpha value is -2.66. The molecule has 0 aliphatic rings. The largest absolute Gasteiger partial charge is 0.480 e. The number of carbonyl (C=O) groups excluding carboxylic acids is 1. The Bertz CT molecular complexity index is 896. The van der Waals surface area contributed by atoms with E-state index in [1.807, 2.05) is 4.72 Å². The van der Waals surface area contributed by atoms with E-state index in [1.165, 1.54) is 6.07 Å². The molecule has 1 heterocycles. The molecule has 5 N–H and O–H groups in total. The molecule has 0 saturated carbocycles. The van der Waals surface area contributed by atoms with Crippen LogP contribution in [0.4, 0.5) is 0 Å². The lowest BCUT2D eigenvalue weighted by molar-refractivity contribution is -0.140. The predicted octanol–water partition coefficient (Wildman–Crippen LogP) is -1.27. The number of primary amides is 1. The molecular weight excluding hydrogens is 318 g/mol. The van der Waals surface area contributed by atoms with Gasteiger partial charge in [0.1, 0.15) is 6.04 Å². The zero-order chi connectivity index (χ0) is 16.5. The molecule has 1 aromatic carbocycles. The summed E-state index contributed by atoms with van der Waals surface area (Å²) in [6, 6.07) is 1.80. The number of rotatable bonds is 6. The number of nitrogens with one attached hydrogen (secondary N) is 2. The minimum atomic E-state index is -4.25. The minimum Gasteiger partial charge on any atom is -0.480 e. The number of H-pyrrole nitrogens is 1. The fourth-order valence-electron chi connectivity index (χ4n) is 1.73. The summed E-state index contributed by atoms with van der Waals surface area (Å²) in [4.78, 5) is 34.8. The number of aromatic nitrogens is 1. The maximum atomic E-state index is 12.1. The third-order valence-electron chi connectivity index (χ3n) is 2.70. The van der Waals surface area contributed by atoms with Gasteiger partial charge in [0.05, 0.1) is 16.8 Å². The second-order valence-corrected chi connectivity index (χ2v) is 6.07. The number of carboxylic acid groups (broad SMARTS) is 1. The fraction of sp³-hybridized carbons (Fsp3) is 0.182. The Morgan fingerprint density at radius 1 is 1.41 bits per heavy atom. The SMILES string of the molecule is NC(=O)CC(NS(=O)(=O)c1ccc2[nH]c(=O)oc2c1)C(=O)O. The molecule has 2 aromatic rings. The molecule has 1 unspecified atom stereocenters. The van der Waals surface area contributed by atoms with Gasteiger partial charge in [0.15, 0.2) is 5.58 Å². The van der Waals surface area contributed by atoms with Crippen LogP contribution in [0.15, 0.2) is 32.3 Å². The van der Waals surface area contributed by atoms with E-state index in [0.717, 1.165) is 12.1 Å². The van der Waals surface area contributed by atoms with Gasteiger partial charge in [0, 0.05) is 6.07 Å². The highest BCUT2D eigenvalue weighted by molar-refractivity contribution is 7.89. The van der Waals surface area contributed by atoms with Gasteiger partial charge in [-0.05, 0) is 12.1 Å².